The predicted octanol–water partition coefficient (Wildman–Crippen LogP) is 4.23. The lowest BCUT2D eigenvalue weighted by Gasteiger charge is -2.12. The normalized spacial score (nSPS) is 12.6. The molecule has 3 heteroatoms. The molecule has 17 heavy (non-hydrogen) atoms. The first-order valence-corrected chi connectivity index (χ1v) is 7.41. The average molecular weight is 310 g/mol. The number of benzene rings is 1. The van der Waals surface area contributed by atoms with Crippen molar-refractivity contribution in [2.24, 2.45) is 0 Å². The van der Waals surface area contributed by atoms with Crippen molar-refractivity contribution in [1.82, 2.24) is 5.32 Å². The summed E-state index contributed by atoms with van der Waals surface area (Å²) in [5, 5.41) is 5.68. The van der Waals surface area contributed by atoms with Gasteiger partial charge in [0.25, 0.3) is 0 Å². The molecular formula is C14H16BrNS. The SMILES string of the molecule is CC(Cc1cccs1)NCc1ccc(Br)cc1. The van der Waals surface area contributed by atoms with Gasteiger partial charge in [0, 0.05) is 21.9 Å². The van der Waals surface area contributed by atoms with Gasteiger partial charge in [-0.15, -0.1) is 11.3 Å². The molecule has 0 aliphatic heterocycles. The van der Waals surface area contributed by atoms with Crippen LogP contribution >= 0.6 is 27.3 Å². The Morgan fingerprint density at radius 2 is 2.00 bits per heavy atom. The Labute approximate surface area is 115 Å². The summed E-state index contributed by atoms with van der Waals surface area (Å²) >= 11 is 5.27. The van der Waals surface area contributed by atoms with Crippen molar-refractivity contribution < 1.29 is 0 Å². The van der Waals surface area contributed by atoms with Crippen LogP contribution in [0.3, 0.4) is 0 Å². The zero-order chi connectivity index (χ0) is 12.1. The van der Waals surface area contributed by atoms with Gasteiger partial charge in [-0.1, -0.05) is 34.1 Å². The minimum atomic E-state index is 0.511. The zero-order valence-electron chi connectivity index (χ0n) is 9.82. The Bertz CT molecular complexity index is 436. The van der Waals surface area contributed by atoms with Crippen LogP contribution < -0.4 is 5.32 Å². The van der Waals surface area contributed by atoms with Crippen LogP contribution in [0.1, 0.15) is 17.4 Å². The molecule has 1 atom stereocenters. The maximum absolute atomic E-state index is 3.55. The van der Waals surface area contributed by atoms with E-state index in [1.807, 2.05) is 11.3 Å². The maximum atomic E-state index is 3.55. The van der Waals surface area contributed by atoms with Gasteiger partial charge in [-0.2, -0.15) is 0 Å². The quantitative estimate of drug-likeness (QED) is 0.871. The molecule has 0 fully saturated rings. The van der Waals surface area contributed by atoms with Gasteiger partial charge >= 0.3 is 0 Å². The minimum Gasteiger partial charge on any atom is -0.310 e. The van der Waals surface area contributed by atoms with Crippen molar-refractivity contribution in [3.63, 3.8) is 0 Å². The van der Waals surface area contributed by atoms with Gasteiger partial charge in [0.1, 0.15) is 0 Å². The van der Waals surface area contributed by atoms with E-state index in [4.69, 9.17) is 0 Å². The molecule has 1 nitrogen and oxygen atoms in total. The van der Waals surface area contributed by atoms with Crippen LogP contribution in [0.15, 0.2) is 46.3 Å². The fourth-order valence-electron chi connectivity index (χ4n) is 1.70. The molecule has 0 aliphatic carbocycles. The molecule has 0 spiro atoms. The molecule has 0 saturated carbocycles. The summed E-state index contributed by atoms with van der Waals surface area (Å²) in [6, 6.07) is 13.3. The topological polar surface area (TPSA) is 12.0 Å². The molecule has 1 heterocycles. The molecule has 1 aromatic carbocycles. The molecular weight excluding hydrogens is 294 g/mol. The van der Waals surface area contributed by atoms with Crippen LogP contribution in [0.2, 0.25) is 0 Å². The van der Waals surface area contributed by atoms with Crippen molar-refractivity contribution >= 4 is 27.3 Å². The van der Waals surface area contributed by atoms with Crippen LogP contribution in [-0.2, 0) is 13.0 Å². The van der Waals surface area contributed by atoms with Crippen LogP contribution in [-0.4, -0.2) is 6.04 Å². The zero-order valence-corrected chi connectivity index (χ0v) is 12.2. The van der Waals surface area contributed by atoms with E-state index in [2.05, 4.69) is 69.9 Å². The fraction of sp³-hybridized carbons (Fsp3) is 0.286. The van der Waals surface area contributed by atoms with Gasteiger partial charge in [-0.05, 0) is 42.5 Å². The number of halogens is 1. The molecule has 0 amide bonds. The van der Waals surface area contributed by atoms with E-state index in [9.17, 15) is 0 Å². The number of thiophene rings is 1. The van der Waals surface area contributed by atoms with Gasteiger partial charge in [0.2, 0.25) is 0 Å². The molecule has 1 N–H and O–H groups in total. The highest BCUT2D eigenvalue weighted by Crippen LogP contribution is 2.12. The van der Waals surface area contributed by atoms with Crippen LogP contribution in [0.5, 0.6) is 0 Å². The predicted molar refractivity (Wildman–Crippen MR) is 78.5 cm³/mol. The third-order valence-electron chi connectivity index (χ3n) is 2.66. The highest BCUT2D eigenvalue weighted by atomic mass is 79.9. The summed E-state index contributed by atoms with van der Waals surface area (Å²) in [4.78, 5) is 1.45. The maximum Gasteiger partial charge on any atom is 0.0208 e. The third-order valence-corrected chi connectivity index (χ3v) is 4.08. The minimum absolute atomic E-state index is 0.511. The molecule has 1 aromatic heterocycles. The highest BCUT2D eigenvalue weighted by molar-refractivity contribution is 9.10. The summed E-state index contributed by atoms with van der Waals surface area (Å²) in [7, 11) is 0. The first kappa shape index (κ1) is 12.8. The van der Waals surface area contributed by atoms with Crippen molar-refractivity contribution in [2.75, 3.05) is 0 Å². The Morgan fingerprint density at radius 3 is 2.65 bits per heavy atom. The molecule has 0 aliphatic rings. The second-order valence-electron chi connectivity index (χ2n) is 4.19. The van der Waals surface area contributed by atoms with Gasteiger partial charge in [-0.25, -0.2) is 0 Å². The highest BCUT2D eigenvalue weighted by Gasteiger charge is 2.03. The van der Waals surface area contributed by atoms with Crippen LogP contribution in [0.4, 0.5) is 0 Å². The monoisotopic (exact) mass is 309 g/mol. The van der Waals surface area contributed by atoms with Crippen molar-refractivity contribution in [1.29, 1.82) is 0 Å². The van der Waals surface area contributed by atoms with Crippen molar-refractivity contribution in [2.45, 2.75) is 25.9 Å². The average Bonchev–Trinajstić information content (AvgIpc) is 2.81. The van der Waals surface area contributed by atoms with Crippen LogP contribution in [0.25, 0.3) is 0 Å². The van der Waals surface area contributed by atoms with Crippen molar-refractivity contribution in [3.8, 4) is 0 Å². The lowest BCUT2D eigenvalue weighted by atomic mass is 10.2. The van der Waals surface area contributed by atoms with Gasteiger partial charge < -0.3 is 5.32 Å². The Kier molecular flexibility index (Phi) is 4.77. The molecule has 1 unspecified atom stereocenters. The smallest absolute Gasteiger partial charge is 0.0208 e. The van der Waals surface area contributed by atoms with Gasteiger partial charge in [-0.3, -0.25) is 0 Å². The van der Waals surface area contributed by atoms with E-state index in [-0.39, 0.29) is 0 Å². The van der Waals surface area contributed by atoms with E-state index in [1.165, 1.54) is 10.4 Å². The second kappa shape index (κ2) is 6.34. The summed E-state index contributed by atoms with van der Waals surface area (Å²) in [5.74, 6) is 0. The lowest BCUT2D eigenvalue weighted by molar-refractivity contribution is 0.548. The van der Waals surface area contributed by atoms with Gasteiger partial charge in [0.15, 0.2) is 0 Å². The largest absolute Gasteiger partial charge is 0.310 e. The first-order chi connectivity index (χ1) is 8.24. The van der Waals surface area contributed by atoms with E-state index in [1.54, 1.807) is 0 Å². The molecule has 0 saturated heterocycles. The van der Waals surface area contributed by atoms with Gasteiger partial charge in [0.05, 0.1) is 0 Å². The molecule has 0 radical (unpaired) electrons. The molecule has 0 bridgehead atoms. The summed E-state index contributed by atoms with van der Waals surface area (Å²) in [6.45, 7) is 3.17. The standard InChI is InChI=1S/C14H16BrNS/c1-11(9-14-3-2-8-17-14)16-10-12-4-6-13(15)7-5-12/h2-8,11,16H,9-10H2,1H3. The molecule has 90 valence electrons. The first-order valence-electron chi connectivity index (χ1n) is 5.74. The molecule has 2 rings (SSSR count). The van der Waals surface area contributed by atoms with E-state index in [0.717, 1.165) is 17.4 Å². The summed E-state index contributed by atoms with van der Waals surface area (Å²) < 4.78 is 1.13. The number of hydrogen-bond acceptors (Lipinski definition) is 2. The second-order valence-corrected chi connectivity index (χ2v) is 6.14. The van der Waals surface area contributed by atoms with Crippen LogP contribution in [0, 0.1) is 0 Å². The number of rotatable bonds is 5. The summed E-state index contributed by atoms with van der Waals surface area (Å²) in [5.41, 5.74) is 1.33. The van der Waals surface area contributed by atoms with E-state index in [0.29, 0.717) is 6.04 Å². The molecule has 2 aromatic rings. The summed E-state index contributed by atoms with van der Waals surface area (Å²) in [6.07, 6.45) is 1.11. The number of hydrogen-bond donors (Lipinski definition) is 1. The fourth-order valence-corrected chi connectivity index (χ4v) is 2.80. The Balaban J connectivity index is 1.79. The van der Waals surface area contributed by atoms with Crippen molar-refractivity contribution in [3.05, 3.63) is 56.7 Å². The third kappa shape index (κ3) is 4.26. The Hall–Kier alpha value is -0.640. The lowest BCUT2D eigenvalue weighted by Crippen LogP contribution is -2.27. The Morgan fingerprint density at radius 1 is 1.24 bits per heavy atom. The van der Waals surface area contributed by atoms with E-state index >= 15 is 0 Å². The number of nitrogens with one attached hydrogen (secondary N) is 1. The van der Waals surface area contributed by atoms with E-state index < -0.39 is 0 Å².